The van der Waals surface area contributed by atoms with Crippen molar-refractivity contribution < 1.29 is 4.39 Å². The Hall–Kier alpha value is -2.07. The molecule has 1 aliphatic carbocycles. The molecule has 1 aliphatic rings. The van der Waals surface area contributed by atoms with Gasteiger partial charge in [-0.25, -0.2) is 4.39 Å². The summed E-state index contributed by atoms with van der Waals surface area (Å²) in [5.74, 6) is -0.420. The molecular formula is C13H12FN3. The van der Waals surface area contributed by atoms with Crippen LogP contribution in [-0.4, -0.2) is 6.54 Å². The van der Waals surface area contributed by atoms with E-state index in [9.17, 15) is 4.39 Å². The van der Waals surface area contributed by atoms with Crippen molar-refractivity contribution >= 4 is 5.69 Å². The Morgan fingerprint density at radius 1 is 1.35 bits per heavy atom. The molecule has 1 fully saturated rings. The van der Waals surface area contributed by atoms with Gasteiger partial charge in [0.15, 0.2) is 0 Å². The molecule has 0 aromatic heterocycles. The Kier molecular flexibility index (Phi) is 2.97. The minimum Gasteiger partial charge on any atom is -0.382 e. The van der Waals surface area contributed by atoms with Gasteiger partial charge in [0.2, 0.25) is 0 Å². The van der Waals surface area contributed by atoms with E-state index >= 15 is 0 Å². The highest BCUT2D eigenvalue weighted by atomic mass is 19.1. The molecule has 1 aromatic rings. The van der Waals surface area contributed by atoms with E-state index in [0.29, 0.717) is 24.2 Å². The van der Waals surface area contributed by atoms with Crippen molar-refractivity contribution in [3.8, 4) is 12.1 Å². The Bertz CT molecular complexity index is 506. The number of benzene rings is 1. The van der Waals surface area contributed by atoms with Crippen LogP contribution in [0, 0.1) is 33.9 Å². The first-order chi connectivity index (χ1) is 8.19. The van der Waals surface area contributed by atoms with Gasteiger partial charge in [0.1, 0.15) is 5.82 Å². The number of nitriles is 2. The van der Waals surface area contributed by atoms with Crippen molar-refractivity contribution in [1.29, 1.82) is 10.5 Å². The lowest BCUT2D eigenvalue weighted by molar-refractivity contribution is 0.553. The van der Waals surface area contributed by atoms with E-state index in [4.69, 9.17) is 10.5 Å². The van der Waals surface area contributed by atoms with Gasteiger partial charge in [-0.2, -0.15) is 10.5 Å². The van der Waals surface area contributed by atoms with Gasteiger partial charge in [-0.1, -0.05) is 0 Å². The third-order valence-electron chi connectivity index (χ3n) is 3.16. The second kappa shape index (κ2) is 4.43. The van der Waals surface area contributed by atoms with Crippen LogP contribution < -0.4 is 5.32 Å². The minimum atomic E-state index is -0.420. The number of hydrogen-bond acceptors (Lipinski definition) is 3. The quantitative estimate of drug-likeness (QED) is 0.863. The van der Waals surface area contributed by atoms with Crippen LogP contribution in [0.25, 0.3) is 0 Å². The first kappa shape index (κ1) is 11.4. The molecule has 0 bridgehead atoms. The normalized spacial score (nSPS) is 15.7. The summed E-state index contributed by atoms with van der Waals surface area (Å²) in [6.45, 7) is 0.614. The average Bonchev–Trinajstić information content (AvgIpc) is 3.08. The van der Waals surface area contributed by atoms with Crippen molar-refractivity contribution in [2.75, 3.05) is 11.9 Å². The topological polar surface area (TPSA) is 59.6 Å². The third kappa shape index (κ3) is 2.54. The number of halogens is 1. The lowest BCUT2D eigenvalue weighted by Gasteiger charge is -2.13. The number of hydrogen-bond donors (Lipinski definition) is 1. The maximum absolute atomic E-state index is 13.5. The zero-order valence-electron chi connectivity index (χ0n) is 9.33. The minimum absolute atomic E-state index is 0.0368. The monoisotopic (exact) mass is 229 g/mol. The molecule has 0 radical (unpaired) electrons. The van der Waals surface area contributed by atoms with Crippen LogP contribution in [0.3, 0.4) is 0 Å². The van der Waals surface area contributed by atoms with Gasteiger partial charge in [-0.05, 0) is 31.0 Å². The molecule has 4 heteroatoms. The van der Waals surface area contributed by atoms with Crippen molar-refractivity contribution in [2.45, 2.75) is 19.3 Å². The molecule has 0 saturated heterocycles. The number of nitrogens with zero attached hydrogens (tertiary/aromatic N) is 2. The molecule has 1 N–H and O–H groups in total. The van der Waals surface area contributed by atoms with Crippen LogP contribution in [0.2, 0.25) is 0 Å². The van der Waals surface area contributed by atoms with Crippen molar-refractivity contribution in [3.05, 3.63) is 29.6 Å². The zero-order chi connectivity index (χ0) is 12.3. The smallest absolute Gasteiger partial charge is 0.147 e. The van der Waals surface area contributed by atoms with E-state index in [0.717, 1.165) is 12.8 Å². The van der Waals surface area contributed by atoms with Gasteiger partial charge < -0.3 is 5.32 Å². The summed E-state index contributed by atoms with van der Waals surface area (Å²) in [6, 6.07) is 8.41. The predicted octanol–water partition coefficient (Wildman–Crippen LogP) is 2.80. The van der Waals surface area contributed by atoms with E-state index in [1.54, 1.807) is 12.1 Å². The lowest BCUT2D eigenvalue weighted by atomic mass is 10.0. The van der Waals surface area contributed by atoms with Gasteiger partial charge in [0, 0.05) is 18.4 Å². The summed E-state index contributed by atoms with van der Waals surface area (Å²) in [4.78, 5) is 0. The molecule has 0 atom stereocenters. The third-order valence-corrected chi connectivity index (χ3v) is 3.16. The second-order valence-corrected chi connectivity index (χ2v) is 4.49. The standard InChI is InChI=1S/C13H12FN3/c14-11-7-10(8-16)1-2-12(11)17-9-13(3-4-13)5-6-15/h1-2,7,17H,3-5,9H2. The number of anilines is 1. The highest BCUT2D eigenvalue weighted by Gasteiger charge is 2.42. The van der Waals surface area contributed by atoms with E-state index in [1.165, 1.54) is 6.07 Å². The molecule has 1 aromatic carbocycles. The molecule has 0 aliphatic heterocycles. The van der Waals surface area contributed by atoms with Crippen molar-refractivity contribution in [1.82, 2.24) is 0 Å². The van der Waals surface area contributed by atoms with Gasteiger partial charge >= 0.3 is 0 Å². The highest BCUT2D eigenvalue weighted by Crippen LogP contribution is 2.48. The molecule has 0 heterocycles. The summed E-state index contributed by atoms with van der Waals surface area (Å²) < 4.78 is 13.5. The van der Waals surface area contributed by atoms with E-state index < -0.39 is 5.82 Å². The summed E-state index contributed by atoms with van der Waals surface area (Å²) in [6.07, 6.45) is 2.55. The van der Waals surface area contributed by atoms with Crippen molar-refractivity contribution in [2.24, 2.45) is 5.41 Å². The van der Waals surface area contributed by atoms with E-state index in [2.05, 4.69) is 11.4 Å². The first-order valence-electron chi connectivity index (χ1n) is 5.50. The molecule has 3 nitrogen and oxygen atoms in total. The molecule has 1 saturated carbocycles. The summed E-state index contributed by atoms with van der Waals surface area (Å²) >= 11 is 0. The molecular weight excluding hydrogens is 217 g/mol. The van der Waals surface area contributed by atoms with E-state index in [-0.39, 0.29) is 5.41 Å². The highest BCUT2D eigenvalue weighted by molar-refractivity contribution is 5.49. The SMILES string of the molecule is N#CCC1(CNc2ccc(C#N)cc2F)CC1. The van der Waals surface area contributed by atoms with Gasteiger partial charge in [-0.15, -0.1) is 0 Å². The number of rotatable bonds is 4. The maximum Gasteiger partial charge on any atom is 0.147 e. The fourth-order valence-corrected chi connectivity index (χ4v) is 1.77. The molecule has 17 heavy (non-hydrogen) atoms. The Labute approximate surface area is 99.5 Å². The fourth-order valence-electron chi connectivity index (χ4n) is 1.77. The van der Waals surface area contributed by atoms with Crippen LogP contribution in [0.1, 0.15) is 24.8 Å². The average molecular weight is 229 g/mol. The lowest BCUT2D eigenvalue weighted by Crippen LogP contribution is -2.15. The Morgan fingerprint density at radius 3 is 2.65 bits per heavy atom. The van der Waals surface area contributed by atoms with Crippen LogP contribution >= 0.6 is 0 Å². The fraction of sp³-hybridized carbons (Fsp3) is 0.385. The maximum atomic E-state index is 13.5. The molecule has 86 valence electrons. The van der Waals surface area contributed by atoms with Gasteiger partial charge in [0.05, 0.1) is 23.4 Å². The molecule has 0 unspecified atom stereocenters. The predicted molar refractivity (Wildman–Crippen MR) is 61.5 cm³/mol. The Balaban J connectivity index is 2.01. The molecule has 0 amide bonds. The van der Waals surface area contributed by atoms with Crippen LogP contribution in [0.4, 0.5) is 10.1 Å². The Morgan fingerprint density at radius 2 is 2.12 bits per heavy atom. The summed E-state index contributed by atoms with van der Waals surface area (Å²) in [5, 5.41) is 20.3. The van der Waals surface area contributed by atoms with Crippen LogP contribution in [0.5, 0.6) is 0 Å². The molecule has 0 spiro atoms. The molecule has 2 rings (SSSR count). The number of nitrogens with one attached hydrogen (secondary N) is 1. The van der Waals surface area contributed by atoms with Crippen molar-refractivity contribution in [3.63, 3.8) is 0 Å². The van der Waals surface area contributed by atoms with E-state index in [1.807, 2.05) is 6.07 Å². The largest absolute Gasteiger partial charge is 0.382 e. The second-order valence-electron chi connectivity index (χ2n) is 4.49. The summed E-state index contributed by atoms with van der Waals surface area (Å²) in [7, 11) is 0. The van der Waals surface area contributed by atoms with Gasteiger partial charge in [0.25, 0.3) is 0 Å². The zero-order valence-corrected chi connectivity index (χ0v) is 9.33. The van der Waals surface area contributed by atoms with Gasteiger partial charge in [-0.3, -0.25) is 0 Å². The first-order valence-corrected chi connectivity index (χ1v) is 5.50. The van der Waals surface area contributed by atoms with Crippen LogP contribution in [0.15, 0.2) is 18.2 Å². The van der Waals surface area contributed by atoms with Crippen LogP contribution in [-0.2, 0) is 0 Å². The summed E-state index contributed by atoms with van der Waals surface area (Å²) in [5.41, 5.74) is 0.745.